The predicted molar refractivity (Wildman–Crippen MR) is 101 cm³/mol. The third-order valence-corrected chi connectivity index (χ3v) is 7.34. The van der Waals surface area contributed by atoms with Gasteiger partial charge in [-0.3, -0.25) is 4.79 Å². The van der Waals surface area contributed by atoms with Crippen molar-refractivity contribution >= 4 is 5.97 Å². The van der Waals surface area contributed by atoms with Gasteiger partial charge in [-0.2, -0.15) is 5.26 Å². The molecule has 0 heterocycles. The molecular weight excluding hydrogens is 310 g/mol. The molecule has 0 unspecified atom stereocenters. The number of carbonyl (C=O) groups is 1. The van der Waals surface area contributed by atoms with Crippen molar-refractivity contribution < 1.29 is 9.90 Å². The summed E-state index contributed by atoms with van der Waals surface area (Å²) in [5.74, 6) is 1.78. The number of nitriles is 1. The number of hydrogen-bond acceptors (Lipinski definition) is 2. The van der Waals surface area contributed by atoms with Crippen LogP contribution in [-0.2, 0) is 4.79 Å². The van der Waals surface area contributed by atoms with Gasteiger partial charge in [0.15, 0.2) is 0 Å². The molecule has 25 heavy (non-hydrogen) atoms. The molecule has 0 spiro atoms. The third kappa shape index (κ3) is 5.47. The first-order chi connectivity index (χ1) is 12.0. The molecule has 0 aromatic carbocycles. The first-order valence-corrected chi connectivity index (χ1v) is 10.6. The smallest absolute Gasteiger partial charge is 0.303 e. The molecular formula is C22H37NO2. The summed E-state index contributed by atoms with van der Waals surface area (Å²) >= 11 is 0. The molecule has 1 N–H and O–H groups in total. The van der Waals surface area contributed by atoms with Gasteiger partial charge in [-0.1, -0.05) is 52.4 Å². The SMILES string of the molecule is CCCCCC1CCC([C@H]2CC[C@](C#N)([C@H](C)CC(=O)O)CC2)CC1. The minimum Gasteiger partial charge on any atom is -0.481 e. The molecule has 2 aliphatic carbocycles. The Morgan fingerprint density at radius 3 is 2.24 bits per heavy atom. The molecule has 1 atom stereocenters. The zero-order valence-electron chi connectivity index (χ0n) is 16.3. The number of carboxylic acids is 1. The fourth-order valence-electron chi connectivity index (χ4n) is 5.43. The lowest BCUT2D eigenvalue weighted by Crippen LogP contribution is -2.36. The second-order valence-corrected chi connectivity index (χ2v) is 8.88. The van der Waals surface area contributed by atoms with Gasteiger partial charge in [-0.25, -0.2) is 0 Å². The van der Waals surface area contributed by atoms with Crippen LogP contribution in [0.25, 0.3) is 0 Å². The van der Waals surface area contributed by atoms with Crippen LogP contribution in [0.15, 0.2) is 0 Å². The van der Waals surface area contributed by atoms with E-state index in [0.29, 0.717) is 0 Å². The van der Waals surface area contributed by atoms with Gasteiger partial charge in [0.25, 0.3) is 0 Å². The van der Waals surface area contributed by atoms with Crippen LogP contribution in [0, 0.1) is 40.4 Å². The largest absolute Gasteiger partial charge is 0.481 e. The van der Waals surface area contributed by atoms with E-state index >= 15 is 0 Å². The van der Waals surface area contributed by atoms with E-state index in [2.05, 4.69) is 13.0 Å². The van der Waals surface area contributed by atoms with Crippen molar-refractivity contribution in [2.75, 3.05) is 0 Å². The van der Waals surface area contributed by atoms with Gasteiger partial charge >= 0.3 is 5.97 Å². The Morgan fingerprint density at radius 2 is 1.72 bits per heavy atom. The van der Waals surface area contributed by atoms with Gasteiger partial charge in [0, 0.05) is 6.42 Å². The normalized spacial score (nSPS) is 34.2. The Bertz CT molecular complexity index is 451. The van der Waals surface area contributed by atoms with E-state index in [-0.39, 0.29) is 12.3 Å². The Balaban J connectivity index is 1.78. The van der Waals surface area contributed by atoms with Crippen LogP contribution in [0.3, 0.4) is 0 Å². The number of rotatable bonds is 8. The second kappa shape index (κ2) is 9.60. The van der Waals surface area contributed by atoms with Crippen LogP contribution in [-0.4, -0.2) is 11.1 Å². The maximum absolute atomic E-state index is 11.0. The number of unbranched alkanes of at least 4 members (excludes halogenated alkanes) is 2. The van der Waals surface area contributed by atoms with Gasteiger partial charge in [-0.05, 0) is 62.2 Å². The zero-order chi connectivity index (χ0) is 18.3. The Hall–Kier alpha value is -1.04. The summed E-state index contributed by atoms with van der Waals surface area (Å²) in [6, 6.07) is 2.52. The summed E-state index contributed by atoms with van der Waals surface area (Å²) < 4.78 is 0. The fourth-order valence-corrected chi connectivity index (χ4v) is 5.43. The van der Waals surface area contributed by atoms with E-state index < -0.39 is 11.4 Å². The van der Waals surface area contributed by atoms with E-state index in [0.717, 1.165) is 43.4 Å². The van der Waals surface area contributed by atoms with E-state index in [4.69, 9.17) is 5.11 Å². The Morgan fingerprint density at radius 1 is 1.12 bits per heavy atom. The fraction of sp³-hybridized carbons (Fsp3) is 0.909. The summed E-state index contributed by atoms with van der Waals surface area (Å²) in [4.78, 5) is 11.0. The highest BCUT2D eigenvalue weighted by molar-refractivity contribution is 5.67. The topological polar surface area (TPSA) is 61.1 Å². The Labute approximate surface area is 154 Å². The molecule has 0 aromatic rings. The molecule has 0 radical (unpaired) electrons. The van der Waals surface area contributed by atoms with Gasteiger partial charge in [-0.15, -0.1) is 0 Å². The van der Waals surface area contributed by atoms with Gasteiger partial charge in [0.2, 0.25) is 0 Å². The lowest BCUT2D eigenvalue weighted by atomic mass is 9.60. The summed E-state index contributed by atoms with van der Waals surface area (Å²) in [5.41, 5.74) is -0.397. The summed E-state index contributed by atoms with van der Waals surface area (Å²) in [6.07, 6.45) is 15.3. The quantitative estimate of drug-likeness (QED) is 0.533. The molecule has 2 aliphatic rings. The molecule has 0 amide bonds. The van der Waals surface area contributed by atoms with Crippen molar-refractivity contribution in [1.82, 2.24) is 0 Å². The first-order valence-electron chi connectivity index (χ1n) is 10.6. The molecule has 2 rings (SSSR count). The predicted octanol–water partition coefficient (Wildman–Crippen LogP) is 6.18. The van der Waals surface area contributed by atoms with Crippen molar-refractivity contribution in [1.29, 1.82) is 5.26 Å². The molecule has 0 aliphatic heterocycles. The number of hydrogen-bond donors (Lipinski definition) is 1. The van der Waals surface area contributed by atoms with Crippen molar-refractivity contribution in [3.63, 3.8) is 0 Å². The zero-order valence-corrected chi connectivity index (χ0v) is 16.3. The average molecular weight is 348 g/mol. The molecule has 3 heteroatoms. The van der Waals surface area contributed by atoms with Crippen LogP contribution in [0.1, 0.15) is 97.3 Å². The van der Waals surface area contributed by atoms with Crippen LogP contribution in [0.5, 0.6) is 0 Å². The molecule has 3 nitrogen and oxygen atoms in total. The van der Waals surface area contributed by atoms with Crippen molar-refractivity contribution in [2.24, 2.45) is 29.1 Å². The number of aliphatic carboxylic acids is 1. The molecule has 2 fully saturated rings. The molecule has 2 saturated carbocycles. The van der Waals surface area contributed by atoms with Crippen LogP contribution in [0.2, 0.25) is 0 Å². The van der Waals surface area contributed by atoms with Gasteiger partial charge < -0.3 is 5.11 Å². The highest BCUT2D eigenvalue weighted by Crippen LogP contribution is 2.49. The number of carboxylic acid groups (broad SMARTS) is 1. The van der Waals surface area contributed by atoms with Crippen LogP contribution < -0.4 is 0 Å². The Kier molecular flexibility index (Phi) is 7.79. The molecule has 142 valence electrons. The summed E-state index contributed by atoms with van der Waals surface area (Å²) in [6.45, 7) is 4.23. The van der Waals surface area contributed by atoms with Crippen LogP contribution in [0.4, 0.5) is 0 Å². The average Bonchev–Trinajstić information content (AvgIpc) is 2.62. The molecule has 0 aromatic heterocycles. The molecule has 0 bridgehead atoms. The van der Waals surface area contributed by atoms with Crippen molar-refractivity contribution in [3.05, 3.63) is 0 Å². The van der Waals surface area contributed by atoms with E-state index in [9.17, 15) is 10.1 Å². The maximum atomic E-state index is 11.0. The van der Waals surface area contributed by atoms with Crippen molar-refractivity contribution in [3.8, 4) is 6.07 Å². The minimum atomic E-state index is -0.773. The highest BCUT2D eigenvalue weighted by Gasteiger charge is 2.42. The van der Waals surface area contributed by atoms with Gasteiger partial charge in [0.1, 0.15) is 0 Å². The van der Waals surface area contributed by atoms with Crippen molar-refractivity contribution in [2.45, 2.75) is 97.3 Å². The van der Waals surface area contributed by atoms with Gasteiger partial charge in [0.05, 0.1) is 11.5 Å². The van der Waals surface area contributed by atoms with E-state index in [1.54, 1.807) is 0 Å². The monoisotopic (exact) mass is 347 g/mol. The van der Waals surface area contributed by atoms with E-state index in [1.165, 1.54) is 51.4 Å². The summed E-state index contributed by atoms with van der Waals surface area (Å²) in [5, 5.41) is 18.8. The lowest BCUT2D eigenvalue weighted by molar-refractivity contribution is -0.139. The second-order valence-electron chi connectivity index (χ2n) is 8.88. The molecule has 0 saturated heterocycles. The summed E-state index contributed by atoms with van der Waals surface area (Å²) in [7, 11) is 0. The third-order valence-electron chi connectivity index (χ3n) is 7.34. The minimum absolute atomic E-state index is 0.0368. The number of nitrogens with zero attached hydrogens (tertiary/aromatic N) is 1. The highest BCUT2D eigenvalue weighted by atomic mass is 16.4. The van der Waals surface area contributed by atoms with E-state index in [1.807, 2.05) is 6.92 Å². The standard InChI is InChI=1S/C22H37NO2/c1-3-4-5-6-18-7-9-19(10-8-18)20-11-13-22(16-23,14-12-20)17(2)15-21(24)25/h17-20H,3-15H2,1-2H3,(H,24,25)/t17-,18?,19?,20-,22-/m1/s1. The lowest BCUT2D eigenvalue weighted by Gasteiger charge is -2.43. The van der Waals surface area contributed by atoms with Crippen LogP contribution >= 0.6 is 0 Å². The maximum Gasteiger partial charge on any atom is 0.303 e. The first kappa shape index (κ1) is 20.3.